The molecule has 0 saturated carbocycles. The quantitative estimate of drug-likeness (QED) is 0.852. The van der Waals surface area contributed by atoms with Crippen LogP contribution in [-0.4, -0.2) is 18.6 Å². The summed E-state index contributed by atoms with van der Waals surface area (Å²) in [7, 11) is 0. The number of ether oxygens (including phenoxy) is 1. The van der Waals surface area contributed by atoms with E-state index in [1.54, 1.807) is 0 Å². The molecule has 0 saturated heterocycles. The van der Waals surface area contributed by atoms with Crippen molar-refractivity contribution in [2.24, 2.45) is 0 Å². The van der Waals surface area contributed by atoms with Gasteiger partial charge in [0.1, 0.15) is 5.75 Å². The molecule has 94 valence electrons. The topological polar surface area (TPSA) is 38.3 Å². The van der Waals surface area contributed by atoms with Gasteiger partial charge in [-0.15, -0.1) is 0 Å². The number of amides is 1. The van der Waals surface area contributed by atoms with Crippen molar-refractivity contribution < 1.29 is 9.53 Å². The van der Waals surface area contributed by atoms with Crippen LogP contribution < -0.4 is 10.1 Å². The van der Waals surface area contributed by atoms with Gasteiger partial charge in [-0.1, -0.05) is 12.1 Å². The van der Waals surface area contributed by atoms with E-state index < -0.39 is 0 Å². The monoisotopic (exact) mass is 235 g/mol. The molecule has 1 amide bonds. The molecule has 0 aromatic heterocycles. The maximum atomic E-state index is 11.4. The second kappa shape index (κ2) is 6.28. The Labute approximate surface area is 103 Å². The van der Waals surface area contributed by atoms with Gasteiger partial charge in [-0.25, -0.2) is 0 Å². The Bertz CT molecular complexity index is 386. The van der Waals surface area contributed by atoms with Crippen LogP contribution >= 0.6 is 0 Å². The number of aryl methyl sites for hydroxylation is 1. The molecule has 0 fully saturated rings. The minimum absolute atomic E-state index is 0.0327. The number of nitrogens with one attached hydrogen (secondary N) is 1. The Morgan fingerprint density at radius 2 is 2.06 bits per heavy atom. The van der Waals surface area contributed by atoms with E-state index in [4.69, 9.17) is 4.74 Å². The van der Waals surface area contributed by atoms with Crippen molar-refractivity contribution in [2.75, 3.05) is 6.61 Å². The summed E-state index contributed by atoms with van der Waals surface area (Å²) in [5.74, 6) is 0.896. The lowest BCUT2D eigenvalue weighted by Gasteiger charge is -2.11. The van der Waals surface area contributed by atoms with E-state index in [-0.39, 0.29) is 11.9 Å². The van der Waals surface area contributed by atoms with Crippen molar-refractivity contribution in [3.8, 4) is 5.75 Å². The molecule has 0 bridgehead atoms. The van der Waals surface area contributed by atoms with Gasteiger partial charge in [0.05, 0.1) is 13.0 Å². The van der Waals surface area contributed by atoms with E-state index in [9.17, 15) is 4.79 Å². The van der Waals surface area contributed by atoms with E-state index in [0.29, 0.717) is 13.0 Å². The first-order chi connectivity index (χ1) is 8.00. The van der Waals surface area contributed by atoms with Crippen LogP contribution in [0.3, 0.4) is 0 Å². The van der Waals surface area contributed by atoms with Gasteiger partial charge in [0.15, 0.2) is 0 Å². The first-order valence-corrected chi connectivity index (χ1v) is 5.99. The molecular formula is C14H21NO2. The lowest BCUT2D eigenvalue weighted by molar-refractivity contribution is -0.122. The predicted molar refractivity (Wildman–Crippen MR) is 69.3 cm³/mol. The molecular weight excluding hydrogens is 214 g/mol. The van der Waals surface area contributed by atoms with Crippen LogP contribution in [0.2, 0.25) is 0 Å². The van der Waals surface area contributed by atoms with Crippen LogP contribution in [-0.2, 0) is 4.79 Å². The van der Waals surface area contributed by atoms with Crippen molar-refractivity contribution in [1.29, 1.82) is 0 Å². The number of carbonyl (C=O) groups excluding carboxylic acids is 1. The fraction of sp³-hybridized carbons (Fsp3) is 0.500. The molecule has 0 spiro atoms. The number of hydrogen-bond donors (Lipinski definition) is 1. The summed E-state index contributed by atoms with van der Waals surface area (Å²) in [5.41, 5.74) is 2.34. The second-order valence-electron chi connectivity index (χ2n) is 4.52. The maximum Gasteiger partial charge on any atom is 0.223 e. The van der Waals surface area contributed by atoms with Gasteiger partial charge in [-0.2, -0.15) is 0 Å². The molecule has 1 rings (SSSR count). The highest BCUT2D eigenvalue weighted by atomic mass is 16.5. The number of hydrogen-bond acceptors (Lipinski definition) is 2. The second-order valence-corrected chi connectivity index (χ2v) is 4.52. The normalized spacial score (nSPS) is 10.4. The third-order valence-electron chi connectivity index (χ3n) is 2.59. The molecule has 0 aliphatic carbocycles. The first kappa shape index (κ1) is 13.6. The lowest BCUT2D eigenvalue weighted by Crippen LogP contribution is -2.31. The number of benzene rings is 1. The molecule has 3 heteroatoms. The Kier molecular flexibility index (Phi) is 5.01. The molecule has 1 aromatic carbocycles. The summed E-state index contributed by atoms with van der Waals surface area (Å²) < 4.78 is 5.61. The Balaban J connectivity index is 2.41. The molecule has 0 heterocycles. The molecule has 0 unspecified atom stereocenters. The van der Waals surface area contributed by atoms with E-state index in [0.717, 1.165) is 11.3 Å². The average Bonchev–Trinajstić information content (AvgIpc) is 2.23. The van der Waals surface area contributed by atoms with Gasteiger partial charge in [0, 0.05) is 6.04 Å². The van der Waals surface area contributed by atoms with E-state index in [1.165, 1.54) is 5.56 Å². The molecule has 3 nitrogen and oxygen atoms in total. The molecule has 0 atom stereocenters. The summed E-state index contributed by atoms with van der Waals surface area (Å²) in [6.45, 7) is 8.39. The zero-order chi connectivity index (χ0) is 12.8. The summed E-state index contributed by atoms with van der Waals surface area (Å²) in [6.07, 6.45) is 0.394. The Morgan fingerprint density at radius 3 is 2.71 bits per heavy atom. The Hall–Kier alpha value is -1.51. The van der Waals surface area contributed by atoms with Gasteiger partial charge in [-0.3, -0.25) is 4.79 Å². The zero-order valence-corrected chi connectivity index (χ0v) is 11.0. The van der Waals surface area contributed by atoms with Gasteiger partial charge in [0.2, 0.25) is 5.91 Å². The maximum absolute atomic E-state index is 11.4. The highest BCUT2D eigenvalue weighted by Gasteiger charge is 2.05. The van der Waals surface area contributed by atoms with Crippen LogP contribution in [0.4, 0.5) is 0 Å². The molecule has 0 aliphatic heterocycles. The molecule has 1 aromatic rings. The largest absolute Gasteiger partial charge is 0.493 e. The van der Waals surface area contributed by atoms with E-state index >= 15 is 0 Å². The van der Waals surface area contributed by atoms with Crippen molar-refractivity contribution in [3.63, 3.8) is 0 Å². The molecule has 0 radical (unpaired) electrons. The third-order valence-corrected chi connectivity index (χ3v) is 2.59. The van der Waals surface area contributed by atoms with Gasteiger partial charge < -0.3 is 10.1 Å². The summed E-state index contributed by atoms with van der Waals surface area (Å²) in [4.78, 5) is 11.4. The van der Waals surface area contributed by atoms with Crippen molar-refractivity contribution >= 4 is 5.91 Å². The minimum atomic E-state index is 0.0327. The Morgan fingerprint density at radius 1 is 1.35 bits per heavy atom. The molecule has 17 heavy (non-hydrogen) atoms. The molecule has 1 N–H and O–H groups in total. The highest BCUT2D eigenvalue weighted by Crippen LogP contribution is 2.20. The van der Waals surface area contributed by atoms with Crippen LogP contribution in [0.25, 0.3) is 0 Å². The first-order valence-electron chi connectivity index (χ1n) is 5.99. The van der Waals surface area contributed by atoms with Crippen molar-refractivity contribution in [1.82, 2.24) is 5.32 Å². The van der Waals surface area contributed by atoms with Crippen molar-refractivity contribution in [3.05, 3.63) is 29.3 Å². The fourth-order valence-electron chi connectivity index (χ4n) is 1.53. The third kappa shape index (κ3) is 4.47. The van der Waals surface area contributed by atoms with E-state index in [2.05, 4.69) is 5.32 Å². The number of carbonyl (C=O) groups is 1. The van der Waals surface area contributed by atoms with Crippen molar-refractivity contribution in [2.45, 2.75) is 40.2 Å². The zero-order valence-electron chi connectivity index (χ0n) is 11.0. The standard InChI is InChI=1S/C14H21NO2/c1-10(2)15-14(16)8-9-17-13-7-5-6-11(3)12(13)4/h5-7,10H,8-9H2,1-4H3,(H,15,16). The van der Waals surface area contributed by atoms with Crippen LogP contribution in [0.15, 0.2) is 18.2 Å². The summed E-state index contributed by atoms with van der Waals surface area (Å²) in [6, 6.07) is 6.13. The smallest absolute Gasteiger partial charge is 0.223 e. The fourth-order valence-corrected chi connectivity index (χ4v) is 1.53. The summed E-state index contributed by atoms with van der Waals surface area (Å²) in [5, 5.41) is 2.84. The SMILES string of the molecule is Cc1cccc(OCCC(=O)NC(C)C)c1C. The highest BCUT2D eigenvalue weighted by molar-refractivity contribution is 5.76. The van der Waals surface area contributed by atoms with Crippen LogP contribution in [0.5, 0.6) is 5.75 Å². The van der Waals surface area contributed by atoms with E-state index in [1.807, 2.05) is 45.9 Å². The summed E-state index contributed by atoms with van der Waals surface area (Å²) >= 11 is 0. The predicted octanol–water partition coefficient (Wildman–Crippen LogP) is 2.60. The lowest BCUT2D eigenvalue weighted by atomic mass is 10.1. The van der Waals surface area contributed by atoms with Gasteiger partial charge in [0.25, 0.3) is 0 Å². The van der Waals surface area contributed by atoms with Crippen LogP contribution in [0, 0.1) is 13.8 Å². The number of rotatable bonds is 5. The minimum Gasteiger partial charge on any atom is -0.493 e. The molecule has 0 aliphatic rings. The van der Waals surface area contributed by atoms with Gasteiger partial charge in [-0.05, 0) is 44.9 Å². The average molecular weight is 235 g/mol. The van der Waals surface area contributed by atoms with Gasteiger partial charge >= 0.3 is 0 Å². The van der Waals surface area contributed by atoms with Crippen LogP contribution in [0.1, 0.15) is 31.4 Å².